The summed E-state index contributed by atoms with van der Waals surface area (Å²) in [6, 6.07) is 14.6. The molecule has 0 aliphatic carbocycles. The van der Waals surface area contributed by atoms with Crippen molar-refractivity contribution < 1.29 is 17.9 Å². The third kappa shape index (κ3) is 5.29. The molecule has 0 aromatic heterocycles. The first-order chi connectivity index (χ1) is 12.9. The van der Waals surface area contributed by atoms with Gasteiger partial charge in [0.2, 0.25) is 10.0 Å². The van der Waals surface area contributed by atoms with Gasteiger partial charge in [0.05, 0.1) is 24.1 Å². The van der Waals surface area contributed by atoms with Gasteiger partial charge in [-0.2, -0.15) is 5.26 Å². The number of carbonyl (C=O) groups excluding carboxylic acids is 1. The highest BCUT2D eigenvalue weighted by atomic mass is 32.2. The number of nitrogens with zero attached hydrogens (tertiary/aromatic N) is 1. The number of hydrogen-bond acceptors (Lipinski definition) is 5. The van der Waals surface area contributed by atoms with E-state index < -0.39 is 10.0 Å². The van der Waals surface area contributed by atoms with E-state index in [1.54, 1.807) is 7.11 Å². The summed E-state index contributed by atoms with van der Waals surface area (Å²) < 4.78 is 31.8. The van der Waals surface area contributed by atoms with Gasteiger partial charge >= 0.3 is 0 Å². The average Bonchev–Trinajstić information content (AvgIpc) is 2.68. The summed E-state index contributed by atoms with van der Waals surface area (Å²) >= 11 is 0. The highest BCUT2D eigenvalue weighted by Gasteiger charge is 2.17. The normalized spacial score (nSPS) is 12.0. The van der Waals surface area contributed by atoms with Crippen LogP contribution in [0.4, 0.5) is 0 Å². The minimum atomic E-state index is -3.70. The molecule has 0 aliphatic rings. The number of ether oxygens (including phenoxy) is 1. The lowest BCUT2D eigenvalue weighted by Crippen LogP contribution is -2.27. The summed E-state index contributed by atoms with van der Waals surface area (Å²) in [5.74, 6) is 0.352. The third-order valence-corrected chi connectivity index (χ3v) is 5.39. The zero-order valence-electron chi connectivity index (χ0n) is 15.1. The second-order valence-corrected chi connectivity index (χ2v) is 7.53. The minimum absolute atomic E-state index is 0.0368. The van der Waals surface area contributed by atoms with Crippen LogP contribution in [0.25, 0.3) is 0 Å². The standard InChI is InChI=1S/C19H21N3O4S/c1-14(17-6-3-4-7-18(17)26-2)22-19(23)15-8-10-16(11-9-15)27(24,25)21-13-5-12-20/h3-4,6-11,14,21H,5,13H2,1-2H3,(H,22,23)/t14-/m1/s1. The van der Waals surface area contributed by atoms with Crippen molar-refractivity contribution >= 4 is 15.9 Å². The fourth-order valence-electron chi connectivity index (χ4n) is 2.49. The highest BCUT2D eigenvalue weighted by molar-refractivity contribution is 7.89. The maximum atomic E-state index is 12.4. The van der Waals surface area contributed by atoms with Crippen molar-refractivity contribution in [1.82, 2.24) is 10.0 Å². The Hall–Kier alpha value is -2.89. The Labute approximate surface area is 159 Å². The van der Waals surface area contributed by atoms with Gasteiger partial charge in [-0.15, -0.1) is 0 Å². The number of para-hydroxylation sites is 1. The molecular formula is C19H21N3O4S. The Morgan fingerprint density at radius 3 is 2.48 bits per heavy atom. The smallest absolute Gasteiger partial charge is 0.251 e. The van der Waals surface area contributed by atoms with E-state index in [1.165, 1.54) is 24.3 Å². The van der Waals surface area contributed by atoms with Crippen LogP contribution >= 0.6 is 0 Å². The summed E-state index contributed by atoms with van der Waals surface area (Å²) in [7, 11) is -2.13. The van der Waals surface area contributed by atoms with Crippen molar-refractivity contribution in [2.45, 2.75) is 24.3 Å². The molecule has 0 saturated heterocycles. The van der Waals surface area contributed by atoms with Crippen molar-refractivity contribution in [3.63, 3.8) is 0 Å². The average molecular weight is 387 g/mol. The zero-order chi connectivity index (χ0) is 19.9. The summed E-state index contributed by atoms with van der Waals surface area (Å²) in [6.07, 6.45) is 0.0839. The van der Waals surface area contributed by atoms with Crippen LogP contribution in [0, 0.1) is 11.3 Å². The number of benzene rings is 2. The predicted octanol–water partition coefficient (Wildman–Crippen LogP) is 2.38. The van der Waals surface area contributed by atoms with Crippen molar-refractivity contribution in [2.75, 3.05) is 13.7 Å². The van der Waals surface area contributed by atoms with Gasteiger partial charge in [-0.25, -0.2) is 13.1 Å². The van der Waals surface area contributed by atoms with Crippen LogP contribution in [0.5, 0.6) is 5.75 Å². The number of hydrogen-bond donors (Lipinski definition) is 2. The van der Waals surface area contributed by atoms with E-state index in [2.05, 4.69) is 10.0 Å². The number of amides is 1. The van der Waals surface area contributed by atoms with Gasteiger partial charge in [0, 0.05) is 24.1 Å². The molecule has 0 radical (unpaired) electrons. The molecule has 1 amide bonds. The van der Waals surface area contributed by atoms with Crippen LogP contribution in [-0.2, 0) is 10.0 Å². The number of carbonyl (C=O) groups is 1. The maximum Gasteiger partial charge on any atom is 0.251 e. The molecule has 0 aliphatic heterocycles. The molecule has 0 heterocycles. The fourth-order valence-corrected chi connectivity index (χ4v) is 3.52. The van der Waals surface area contributed by atoms with Crippen molar-refractivity contribution in [1.29, 1.82) is 5.26 Å². The summed E-state index contributed by atoms with van der Waals surface area (Å²) in [6.45, 7) is 1.88. The van der Waals surface area contributed by atoms with E-state index >= 15 is 0 Å². The summed E-state index contributed by atoms with van der Waals surface area (Å²) in [4.78, 5) is 12.5. The molecule has 7 nitrogen and oxygen atoms in total. The molecule has 0 fully saturated rings. The monoisotopic (exact) mass is 387 g/mol. The van der Waals surface area contributed by atoms with Gasteiger partial charge in [0.15, 0.2) is 0 Å². The van der Waals surface area contributed by atoms with Crippen LogP contribution in [0.3, 0.4) is 0 Å². The van der Waals surface area contributed by atoms with Gasteiger partial charge in [-0.3, -0.25) is 4.79 Å². The van der Waals surface area contributed by atoms with E-state index in [1.807, 2.05) is 37.3 Å². The molecule has 0 spiro atoms. The molecule has 8 heteroatoms. The molecular weight excluding hydrogens is 366 g/mol. The molecule has 0 saturated carbocycles. The molecule has 0 bridgehead atoms. The van der Waals surface area contributed by atoms with Crippen molar-refractivity contribution in [2.24, 2.45) is 0 Å². The SMILES string of the molecule is COc1ccccc1[C@@H](C)NC(=O)c1ccc(S(=O)(=O)NCCC#N)cc1. The zero-order valence-corrected chi connectivity index (χ0v) is 15.9. The van der Waals surface area contributed by atoms with E-state index in [0.29, 0.717) is 11.3 Å². The van der Waals surface area contributed by atoms with E-state index in [0.717, 1.165) is 5.56 Å². The Morgan fingerprint density at radius 2 is 1.85 bits per heavy atom. The second kappa shape index (κ2) is 9.16. The van der Waals surface area contributed by atoms with Crippen molar-refractivity contribution in [3.8, 4) is 11.8 Å². The Balaban J connectivity index is 2.08. The van der Waals surface area contributed by atoms with Crippen LogP contribution in [-0.4, -0.2) is 28.0 Å². The van der Waals surface area contributed by atoms with E-state index in [-0.39, 0.29) is 29.8 Å². The molecule has 0 unspecified atom stereocenters. The lowest BCUT2D eigenvalue weighted by atomic mass is 10.1. The van der Waals surface area contributed by atoms with Crippen LogP contribution in [0.2, 0.25) is 0 Å². The molecule has 27 heavy (non-hydrogen) atoms. The van der Waals surface area contributed by atoms with Crippen molar-refractivity contribution in [3.05, 3.63) is 59.7 Å². The predicted molar refractivity (Wildman–Crippen MR) is 101 cm³/mol. The van der Waals surface area contributed by atoms with Gasteiger partial charge in [-0.05, 0) is 37.3 Å². The summed E-state index contributed by atoms with van der Waals surface area (Å²) in [5, 5.41) is 11.3. The maximum absolute atomic E-state index is 12.4. The summed E-state index contributed by atoms with van der Waals surface area (Å²) in [5.41, 5.74) is 1.18. The molecule has 142 valence electrons. The number of sulfonamides is 1. The lowest BCUT2D eigenvalue weighted by molar-refractivity contribution is 0.0939. The Kier molecular flexibility index (Phi) is 6.93. The molecule has 1 atom stereocenters. The van der Waals surface area contributed by atoms with Crippen LogP contribution < -0.4 is 14.8 Å². The van der Waals surface area contributed by atoms with E-state index in [4.69, 9.17) is 10.00 Å². The first-order valence-corrected chi connectivity index (χ1v) is 9.78. The quantitative estimate of drug-likeness (QED) is 0.676. The van der Waals surface area contributed by atoms with Crippen LogP contribution in [0.15, 0.2) is 53.4 Å². The molecule has 2 aromatic rings. The largest absolute Gasteiger partial charge is 0.496 e. The second-order valence-electron chi connectivity index (χ2n) is 5.77. The topological polar surface area (TPSA) is 108 Å². The fraction of sp³-hybridized carbons (Fsp3) is 0.263. The molecule has 2 aromatic carbocycles. The third-order valence-electron chi connectivity index (χ3n) is 3.91. The van der Waals surface area contributed by atoms with Gasteiger partial charge in [0.1, 0.15) is 5.75 Å². The Morgan fingerprint density at radius 1 is 1.19 bits per heavy atom. The number of rotatable bonds is 8. The number of methoxy groups -OCH3 is 1. The first-order valence-electron chi connectivity index (χ1n) is 8.29. The van der Waals surface area contributed by atoms with Crippen LogP contribution in [0.1, 0.15) is 35.3 Å². The molecule has 2 N–H and O–H groups in total. The van der Waals surface area contributed by atoms with Gasteiger partial charge in [0.25, 0.3) is 5.91 Å². The van der Waals surface area contributed by atoms with Gasteiger partial charge < -0.3 is 10.1 Å². The number of nitriles is 1. The highest BCUT2D eigenvalue weighted by Crippen LogP contribution is 2.24. The van der Waals surface area contributed by atoms with E-state index in [9.17, 15) is 13.2 Å². The molecule has 2 rings (SSSR count). The lowest BCUT2D eigenvalue weighted by Gasteiger charge is -2.17. The Bertz CT molecular complexity index is 934. The first kappa shape index (κ1) is 20.4. The van der Waals surface area contributed by atoms with Gasteiger partial charge in [-0.1, -0.05) is 18.2 Å². The number of nitrogens with one attached hydrogen (secondary N) is 2. The minimum Gasteiger partial charge on any atom is -0.496 e.